The van der Waals surface area contributed by atoms with E-state index >= 15 is 0 Å². The molecule has 0 saturated carbocycles. The molecule has 2 heterocycles. The van der Waals surface area contributed by atoms with E-state index in [9.17, 15) is 10.4 Å². The van der Waals surface area contributed by atoms with Gasteiger partial charge in [-0.2, -0.15) is 0 Å². The van der Waals surface area contributed by atoms with Crippen LogP contribution in [0.25, 0.3) is 0 Å². The molecule has 2 N–H and O–H groups in total. The maximum absolute atomic E-state index is 11.6. The molecular weight excluding hydrogens is 244 g/mol. The summed E-state index contributed by atoms with van der Waals surface area (Å²) in [7, 11) is 3.32. The molecule has 2 saturated heterocycles. The molecule has 16 heavy (non-hydrogen) atoms. The Morgan fingerprint density at radius 1 is 0.750 bits per heavy atom. The highest BCUT2D eigenvalue weighted by molar-refractivity contribution is 8.77. The van der Waals surface area contributed by atoms with E-state index in [-0.39, 0.29) is 10.7 Å². The number of quaternary nitrogens is 2. The highest BCUT2D eigenvalue weighted by atomic mass is 33.1. The fraction of sp³-hybridized carbons (Fsp3) is 1.00. The molecule has 2 fully saturated rings. The lowest BCUT2D eigenvalue weighted by molar-refractivity contribution is -0.865. The minimum atomic E-state index is 0.161. The summed E-state index contributed by atoms with van der Waals surface area (Å²) in [5, 5.41) is 24.4. The number of hydroxylamine groups is 4. The summed E-state index contributed by atoms with van der Waals surface area (Å²) < 4.78 is 0. The Balaban J connectivity index is 1.72. The van der Waals surface area contributed by atoms with Gasteiger partial charge in [0, 0.05) is 12.8 Å². The second-order valence-corrected chi connectivity index (χ2v) is 7.27. The van der Waals surface area contributed by atoms with Crippen LogP contribution < -0.4 is 10.1 Å². The minimum Gasteiger partial charge on any atom is -0.633 e. The quantitative estimate of drug-likeness (QED) is 0.563. The zero-order valence-electron chi connectivity index (χ0n) is 9.44. The van der Waals surface area contributed by atoms with Crippen molar-refractivity contribution in [2.24, 2.45) is 0 Å². The predicted molar refractivity (Wildman–Crippen MR) is 68.9 cm³/mol. The van der Waals surface area contributed by atoms with Gasteiger partial charge in [-0.1, -0.05) is 0 Å². The molecule has 2 aliphatic rings. The van der Waals surface area contributed by atoms with Crippen molar-refractivity contribution >= 4 is 21.6 Å². The Kier molecular flexibility index (Phi) is 5.25. The highest BCUT2D eigenvalue weighted by Gasteiger charge is 2.26. The molecular formula is C10H20N2O2S2. The summed E-state index contributed by atoms with van der Waals surface area (Å²) in [4.78, 5) is 0. The van der Waals surface area contributed by atoms with Gasteiger partial charge in [-0.05, 0) is 47.3 Å². The zero-order chi connectivity index (χ0) is 11.4. The monoisotopic (exact) mass is 264 g/mol. The van der Waals surface area contributed by atoms with Crippen molar-refractivity contribution in [3.05, 3.63) is 10.4 Å². The molecule has 2 aliphatic heterocycles. The molecule has 94 valence electrons. The highest BCUT2D eigenvalue weighted by Crippen LogP contribution is 2.32. The van der Waals surface area contributed by atoms with Gasteiger partial charge in [0.15, 0.2) is 0 Å². The summed E-state index contributed by atoms with van der Waals surface area (Å²) in [6, 6.07) is 0. The largest absolute Gasteiger partial charge is 0.633 e. The van der Waals surface area contributed by atoms with Gasteiger partial charge in [-0.25, -0.2) is 0 Å². The van der Waals surface area contributed by atoms with Crippen LogP contribution in [0.4, 0.5) is 0 Å². The van der Waals surface area contributed by atoms with Crippen molar-refractivity contribution in [1.82, 2.24) is 0 Å². The van der Waals surface area contributed by atoms with E-state index in [1.165, 1.54) is 12.8 Å². The average molecular weight is 264 g/mol. The van der Waals surface area contributed by atoms with Crippen LogP contribution in [0.1, 0.15) is 38.5 Å². The first-order valence-electron chi connectivity index (χ1n) is 6.15. The molecule has 0 amide bonds. The van der Waals surface area contributed by atoms with Gasteiger partial charge < -0.3 is 20.5 Å². The molecule has 4 atom stereocenters. The third kappa shape index (κ3) is 3.51. The van der Waals surface area contributed by atoms with Crippen molar-refractivity contribution in [3.8, 4) is 0 Å². The van der Waals surface area contributed by atoms with Crippen molar-refractivity contribution in [3.63, 3.8) is 0 Å². The van der Waals surface area contributed by atoms with Crippen LogP contribution in [0.2, 0.25) is 0 Å². The fourth-order valence-electron chi connectivity index (χ4n) is 2.24. The molecule has 0 spiro atoms. The van der Waals surface area contributed by atoms with E-state index in [1.807, 2.05) is 0 Å². The minimum absolute atomic E-state index is 0.161. The Labute approximate surface area is 105 Å². The number of hydrogen-bond acceptors (Lipinski definition) is 4. The van der Waals surface area contributed by atoms with Crippen LogP contribution >= 0.6 is 21.6 Å². The smallest absolute Gasteiger partial charge is 0.144 e. The van der Waals surface area contributed by atoms with Crippen molar-refractivity contribution < 1.29 is 10.1 Å². The van der Waals surface area contributed by atoms with Gasteiger partial charge in [0.05, 0.1) is 13.1 Å². The SMILES string of the molecule is [O-][NH+]1CCCCC1SSC1CCCC[NH+]1[O-]. The standard InChI is InChI=1S/C10H20N2O2S2/c13-11-7-3-1-5-9(11)15-16-10-6-2-4-8-12(10)14/h9-12H,1-8H2. The molecule has 0 radical (unpaired) electrons. The lowest BCUT2D eigenvalue weighted by Crippen LogP contribution is -3.12. The van der Waals surface area contributed by atoms with E-state index in [4.69, 9.17) is 0 Å². The molecule has 0 aromatic carbocycles. The second-order valence-electron chi connectivity index (χ2n) is 4.59. The Hall–Kier alpha value is 0.540. The predicted octanol–water partition coefficient (Wildman–Crippen LogP) is 0.153. The van der Waals surface area contributed by atoms with Gasteiger partial charge >= 0.3 is 0 Å². The number of nitrogens with one attached hydrogen (secondary N) is 2. The topological polar surface area (TPSA) is 55.0 Å². The third-order valence-electron chi connectivity index (χ3n) is 3.29. The Morgan fingerprint density at radius 3 is 1.56 bits per heavy atom. The molecule has 0 aromatic rings. The lowest BCUT2D eigenvalue weighted by atomic mass is 10.2. The van der Waals surface area contributed by atoms with Crippen molar-refractivity contribution in [2.75, 3.05) is 13.1 Å². The van der Waals surface area contributed by atoms with Crippen LogP contribution in [-0.2, 0) is 0 Å². The number of hydrogen-bond donors (Lipinski definition) is 2. The first-order chi connectivity index (χ1) is 7.77. The first kappa shape index (κ1) is 13.0. The fourth-order valence-corrected chi connectivity index (χ4v) is 5.51. The van der Waals surface area contributed by atoms with E-state index in [1.54, 1.807) is 21.6 Å². The van der Waals surface area contributed by atoms with Gasteiger partial charge in [0.25, 0.3) is 0 Å². The number of rotatable bonds is 3. The van der Waals surface area contributed by atoms with Gasteiger partial charge in [-0.3, -0.25) is 0 Å². The van der Waals surface area contributed by atoms with Gasteiger partial charge in [0.1, 0.15) is 10.7 Å². The third-order valence-corrected chi connectivity index (χ3v) is 6.59. The van der Waals surface area contributed by atoms with Crippen LogP contribution in [0.5, 0.6) is 0 Å². The summed E-state index contributed by atoms with van der Waals surface area (Å²) in [6.07, 6.45) is 6.48. The maximum atomic E-state index is 11.6. The summed E-state index contributed by atoms with van der Waals surface area (Å²) in [6.45, 7) is 1.49. The van der Waals surface area contributed by atoms with Crippen LogP contribution in [0.15, 0.2) is 0 Å². The Morgan fingerprint density at radius 2 is 1.19 bits per heavy atom. The Bertz CT molecular complexity index is 199. The summed E-state index contributed by atoms with van der Waals surface area (Å²) in [5.41, 5.74) is 0. The van der Waals surface area contributed by atoms with E-state index in [0.29, 0.717) is 10.1 Å². The number of piperidine rings is 2. The lowest BCUT2D eigenvalue weighted by Gasteiger charge is -2.37. The van der Waals surface area contributed by atoms with Crippen molar-refractivity contribution in [1.29, 1.82) is 0 Å². The maximum Gasteiger partial charge on any atom is 0.144 e. The second kappa shape index (κ2) is 6.47. The van der Waals surface area contributed by atoms with Gasteiger partial charge in [0.2, 0.25) is 0 Å². The molecule has 2 rings (SSSR count). The summed E-state index contributed by atoms with van der Waals surface area (Å²) >= 11 is 0. The summed E-state index contributed by atoms with van der Waals surface area (Å²) in [5.74, 6) is 0. The van der Waals surface area contributed by atoms with E-state index in [2.05, 4.69) is 0 Å². The molecule has 4 unspecified atom stereocenters. The van der Waals surface area contributed by atoms with Gasteiger partial charge in [-0.15, -0.1) is 0 Å². The van der Waals surface area contributed by atoms with Crippen molar-refractivity contribution in [2.45, 2.75) is 49.3 Å². The van der Waals surface area contributed by atoms with Crippen LogP contribution in [0.3, 0.4) is 0 Å². The molecule has 4 nitrogen and oxygen atoms in total. The van der Waals surface area contributed by atoms with E-state index in [0.717, 1.165) is 38.8 Å². The molecule has 0 aromatic heterocycles. The van der Waals surface area contributed by atoms with E-state index < -0.39 is 0 Å². The first-order valence-corrected chi connectivity index (χ1v) is 8.42. The van der Waals surface area contributed by atoms with Crippen LogP contribution in [-0.4, -0.2) is 23.8 Å². The molecule has 0 bridgehead atoms. The normalized spacial score (nSPS) is 40.9. The average Bonchev–Trinajstić information content (AvgIpc) is 2.30. The molecule has 0 aliphatic carbocycles. The molecule has 6 heteroatoms. The zero-order valence-corrected chi connectivity index (χ0v) is 11.1. The van der Waals surface area contributed by atoms with Crippen LogP contribution in [0, 0.1) is 10.4 Å².